The number of hydrogen-bond acceptors (Lipinski definition) is 6. The van der Waals surface area contributed by atoms with Gasteiger partial charge in [0.05, 0.1) is 0 Å². The summed E-state index contributed by atoms with van der Waals surface area (Å²) in [6, 6.07) is 3.44. The van der Waals surface area contributed by atoms with Gasteiger partial charge in [0.1, 0.15) is 23.4 Å². The molecule has 1 aromatic carbocycles. The van der Waals surface area contributed by atoms with Crippen LogP contribution in [0.15, 0.2) is 24.3 Å². The molecule has 0 aliphatic carbocycles. The first-order chi connectivity index (χ1) is 16.3. The molecule has 10 nitrogen and oxygen atoms in total. The lowest BCUT2D eigenvalue weighted by atomic mass is 9.99. The van der Waals surface area contributed by atoms with Gasteiger partial charge < -0.3 is 31.1 Å². The first-order valence-corrected chi connectivity index (χ1v) is 11.9. The fourth-order valence-corrected chi connectivity index (χ4v) is 3.47. The summed E-state index contributed by atoms with van der Waals surface area (Å²) in [7, 11) is 0. The molecular weight excluding hydrogens is 452 g/mol. The highest BCUT2D eigenvalue weighted by molar-refractivity contribution is 5.93. The van der Waals surface area contributed by atoms with E-state index in [-0.39, 0.29) is 24.2 Å². The van der Waals surface area contributed by atoms with Crippen molar-refractivity contribution in [3.05, 3.63) is 29.8 Å². The molecule has 0 aromatic heterocycles. The molecule has 0 fully saturated rings. The first kappa shape index (κ1) is 29.7. The van der Waals surface area contributed by atoms with E-state index in [0.29, 0.717) is 6.54 Å². The van der Waals surface area contributed by atoms with Crippen LogP contribution in [-0.2, 0) is 19.1 Å². The summed E-state index contributed by atoms with van der Waals surface area (Å²) in [4.78, 5) is 52.4. The molecule has 2 unspecified atom stereocenters. The first-order valence-electron chi connectivity index (χ1n) is 11.9. The highest BCUT2D eigenvalue weighted by Crippen LogP contribution is 2.31. The number of nitrogens with two attached hydrogens (primary N) is 1. The maximum atomic E-state index is 13.8. The van der Waals surface area contributed by atoms with Gasteiger partial charge in [-0.25, -0.2) is 4.79 Å². The number of benzene rings is 1. The van der Waals surface area contributed by atoms with Gasteiger partial charge >= 0.3 is 6.09 Å². The van der Waals surface area contributed by atoms with Crippen LogP contribution in [0.5, 0.6) is 5.75 Å². The molecule has 0 aliphatic heterocycles. The van der Waals surface area contributed by atoms with E-state index in [1.165, 1.54) is 11.0 Å². The molecule has 2 atom stereocenters. The molecule has 4 amide bonds. The average Bonchev–Trinajstić information content (AvgIpc) is 2.73. The summed E-state index contributed by atoms with van der Waals surface area (Å²) in [5.74, 6) is -1.85. The van der Waals surface area contributed by atoms with Crippen molar-refractivity contribution in [3.63, 3.8) is 0 Å². The van der Waals surface area contributed by atoms with Crippen LogP contribution in [0.1, 0.15) is 78.8 Å². The van der Waals surface area contributed by atoms with E-state index >= 15 is 0 Å². The Kier molecular flexibility index (Phi) is 11.5. The molecule has 0 saturated carbocycles. The summed E-state index contributed by atoms with van der Waals surface area (Å²) in [5.41, 5.74) is 4.73. The minimum atomic E-state index is -1.18. The van der Waals surface area contributed by atoms with Crippen molar-refractivity contribution in [1.82, 2.24) is 15.5 Å². The Hall–Kier alpha value is -3.30. The third kappa shape index (κ3) is 9.84. The highest BCUT2D eigenvalue weighted by Gasteiger charge is 2.38. The number of phenolic OH excluding ortho intramolecular Hbond substituents is 1. The number of nitrogens with zero attached hydrogens (tertiary/aromatic N) is 1. The van der Waals surface area contributed by atoms with Gasteiger partial charge in [0.25, 0.3) is 0 Å². The van der Waals surface area contributed by atoms with Gasteiger partial charge in [0.2, 0.25) is 17.7 Å². The fourth-order valence-electron chi connectivity index (χ4n) is 3.47. The molecule has 196 valence electrons. The molecule has 10 heteroatoms. The molecule has 0 spiro atoms. The largest absolute Gasteiger partial charge is 0.508 e. The van der Waals surface area contributed by atoms with Crippen molar-refractivity contribution in [3.8, 4) is 5.75 Å². The van der Waals surface area contributed by atoms with E-state index in [4.69, 9.17) is 10.5 Å². The molecule has 35 heavy (non-hydrogen) atoms. The standard InChI is InChI=1S/C25H40N4O6/c1-7-8-15-27-22(32)21(17-11-9-10-12-19(17)30)29(16(2)3)23(33)18(13-14-20(26)31)28-24(34)35-25(4,5)6/h9-12,16,18,21,30H,7-8,13-15H2,1-6H3,(H2,26,31)(H,27,32)(H,28,34). The molecule has 0 radical (unpaired) electrons. The number of rotatable bonds is 12. The van der Waals surface area contributed by atoms with Crippen LogP contribution < -0.4 is 16.4 Å². The molecule has 0 bridgehead atoms. The summed E-state index contributed by atoms with van der Waals surface area (Å²) >= 11 is 0. The number of para-hydroxylation sites is 1. The zero-order chi connectivity index (χ0) is 26.8. The Morgan fingerprint density at radius 1 is 1.14 bits per heavy atom. The Morgan fingerprint density at radius 2 is 1.77 bits per heavy atom. The smallest absolute Gasteiger partial charge is 0.408 e. The van der Waals surface area contributed by atoms with E-state index in [1.54, 1.807) is 52.8 Å². The quantitative estimate of drug-likeness (QED) is 0.329. The predicted octanol–water partition coefficient (Wildman–Crippen LogP) is 2.75. The number of amides is 4. The van der Waals surface area contributed by atoms with Crippen molar-refractivity contribution in [2.24, 2.45) is 5.73 Å². The Morgan fingerprint density at radius 3 is 2.29 bits per heavy atom. The number of ether oxygens (including phenoxy) is 1. The normalized spacial score (nSPS) is 13.0. The van der Waals surface area contributed by atoms with Crippen molar-refractivity contribution >= 4 is 23.8 Å². The van der Waals surface area contributed by atoms with E-state index < -0.39 is 47.5 Å². The van der Waals surface area contributed by atoms with Crippen LogP contribution in [0.4, 0.5) is 4.79 Å². The topological polar surface area (TPSA) is 151 Å². The van der Waals surface area contributed by atoms with Crippen LogP contribution in [0.2, 0.25) is 0 Å². The second-order valence-corrected chi connectivity index (χ2v) is 9.65. The van der Waals surface area contributed by atoms with E-state index in [2.05, 4.69) is 10.6 Å². The number of phenols is 1. The van der Waals surface area contributed by atoms with Crippen LogP contribution in [0.25, 0.3) is 0 Å². The predicted molar refractivity (Wildman–Crippen MR) is 132 cm³/mol. The van der Waals surface area contributed by atoms with E-state index in [0.717, 1.165) is 12.8 Å². The summed E-state index contributed by atoms with van der Waals surface area (Å²) in [6.45, 7) is 10.9. The second-order valence-electron chi connectivity index (χ2n) is 9.65. The lowest BCUT2D eigenvalue weighted by molar-refractivity contribution is -0.144. The fraction of sp³-hybridized carbons (Fsp3) is 0.600. The zero-order valence-corrected chi connectivity index (χ0v) is 21.6. The monoisotopic (exact) mass is 492 g/mol. The van der Waals surface area contributed by atoms with Gasteiger partial charge in [-0.05, 0) is 53.5 Å². The van der Waals surface area contributed by atoms with Crippen molar-refractivity contribution in [2.75, 3.05) is 6.54 Å². The number of primary amides is 1. The van der Waals surface area contributed by atoms with Crippen molar-refractivity contribution in [1.29, 1.82) is 0 Å². The lowest BCUT2D eigenvalue weighted by Gasteiger charge is -2.37. The highest BCUT2D eigenvalue weighted by atomic mass is 16.6. The summed E-state index contributed by atoms with van der Waals surface area (Å²) < 4.78 is 5.29. The molecule has 1 aromatic rings. The molecular formula is C25H40N4O6. The zero-order valence-electron chi connectivity index (χ0n) is 21.6. The van der Waals surface area contributed by atoms with Crippen molar-refractivity contribution in [2.45, 2.75) is 91.0 Å². The Bertz CT molecular complexity index is 881. The molecule has 1 rings (SSSR count). The Labute approximate surface area is 207 Å². The summed E-state index contributed by atoms with van der Waals surface area (Å²) in [5, 5.41) is 15.9. The minimum Gasteiger partial charge on any atom is -0.508 e. The van der Waals surface area contributed by atoms with Crippen LogP contribution in [0, 0.1) is 0 Å². The number of aromatic hydroxyl groups is 1. The van der Waals surface area contributed by atoms with Crippen molar-refractivity contribution < 1.29 is 29.0 Å². The number of hydrogen-bond donors (Lipinski definition) is 4. The van der Waals surface area contributed by atoms with Crippen LogP contribution >= 0.6 is 0 Å². The van der Waals surface area contributed by atoms with Gasteiger partial charge in [-0.3, -0.25) is 14.4 Å². The number of nitrogens with one attached hydrogen (secondary N) is 2. The molecule has 0 heterocycles. The minimum absolute atomic E-state index is 0.0818. The third-order valence-electron chi connectivity index (χ3n) is 5.07. The van der Waals surface area contributed by atoms with Gasteiger partial charge in [-0.1, -0.05) is 31.5 Å². The second kappa shape index (κ2) is 13.6. The number of alkyl carbamates (subject to hydrolysis) is 1. The molecule has 0 aliphatic rings. The maximum absolute atomic E-state index is 13.8. The van der Waals surface area contributed by atoms with Gasteiger partial charge in [0.15, 0.2) is 0 Å². The molecule has 0 saturated heterocycles. The van der Waals surface area contributed by atoms with Crippen LogP contribution in [-0.4, -0.2) is 58.1 Å². The van der Waals surface area contributed by atoms with E-state index in [9.17, 15) is 24.3 Å². The number of carbonyl (C=O) groups excluding carboxylic acids is 4. The van der Waals surface area contributed by atoms with Gasteiger partial charge in [-0.2, -0.15) is 0 Å². The summed E-state index contributed by atoms with van der Waals surface area (Å²) in [6.07, 6.45) is 0.527. The number of carbonyl (C=O) groups is 4. The molecule has 5 N–H and O–H groups in total. The van der Waals surface area contributed by atoms with Gasteiger partial charge in [0, 0.05) is 24.6 Å². The Balaban J connectivity index is 3.43. The lowest BCUT2D eigenvalue weighted by Crippen LogP contribution is -2.55. The maximum Gasteiger partial charge on any atom is 0.408 e. The van der Waals surface area contributed by atoms with Crippen LogP contribution in [0.3, 0.4) is 0 Å². The van der Waals surface area contributed by atoms with Gasteiger partial charge in [-0.15, -0.1) is 0 Å². The average molecular weight is 493 g/mol. The SMILES string of the molecule is CCCCNC(=O)C(c1ccccc1O)N(C(=O)C(CCC(N)=O)NC(=O)OC(C)(C)C)C(C)C. The number of unbranched alkanes of at least 4 members (excludes halogenated alkanes) is 1. The van der Waals surface area contributed by atoms with E-state index in [1.807, 2.05) is 6.92 Å². The third-order valence-corrected chi connectivity index (χ3v) is 5.07.